The number of methoxy groups -OCH3 is 1. The molecule has 5 nitrogen and oxygen atoms in total. The van der Waals surface area contributed by atoms with Crippen molar-refractivity contribution in [3.63, 3.8) is 0 Å². The van der Waals surface area contributed by atoms with Crippen molar-refractivity contribution >= 4 is 10.0 Å². The summed E-state index contributed by atoms with van der Waals surface area (Å²) in [5.74, 6) is 0.633. The van der Waals surface area contributed by atoms with Gasteiger partial charge in [-0.05, 0) is 37.1 Å². The molecule has 1 fully saturated rings. The van der Waals surface area contributed by atoms with Crippen LogP contribution in [0.25, 0.3) is 0 Å². The van der Waals surface area contributed by atoms with Crippen molar-refractivity contribution in [2.24, 2.45) is 5.73 Å². The number of nitrogens with two attached hydrogens (primary N) is 1. The Morgan fingerprint density at radius 2 is 1.84 bits per heavy atom. The first-order valence-corrected chi connectivity index (χ1v) is 7.93. The van der Waals surface area contributed by atoms with Gasteiger partial charge in [-0.2, -0.15) is 0 Å². The molecule has 106 valence electrons. The molecule has 1 aliphatic rings. The molecule has 1 saturated carbocycles. The third-order valence-corrected chi connectivity index (χ3v) is 5.00. The number of hydrogen-bond acceptors (Lipinski definition) is 4. The van der Waals surface area contributed by atoms with Gasteiger partial charge in [0.05, 0.1) is 12.0 Å². The molecule has 0 amide bonds. The summed E-state index contributed by atoms with van der Waals surface area (Å²) >= 11 is 0. The number of ether oxygens (including phenoxy) is 1. The maximum absolute atomic E-state index is 12.2. The van der Waals surface area contributed by atoms with Crippen LogP contribution >= 0.6 is 0 Å². The quantitative estimate of drug-likeness (QED) is 0.871. The molecule has 1 aromatic rings. The van der Waals surface area contributed by atoms with Gasteiger partial charge in [-0.3, -0.25) is 0 Å². The second kappa shape index (κ2) is 5.90. The predicted octanol–water partition coefficient (Wildman–Crippen LogP) is 1.24. The molecule has 0 heterocycles. The number of hydrogen-bond donors (Lipinski definition) is 2. The van der Waals surface area contributed by atoms with E-state index in [0.29, 0.717) is 5.75 Å². The van der Waals surface area contributed by atoms with E-state index < -0.39 is 10.0 Å². The number of sulfonamides is 1. The Kier molecular flexibility index (Phi) is 4.44. The summed E-state index contributed by atoms with van der Waals surface area (Å²) in [5, 5.41) is 0. The highest BCUT2D eigenvalue weighted by molar-refractivity contribution is 7.89. The lowest BCUT2D eigenvalue weighted by molar-refractivity contribution is 0.361. The molecule has 0 radical (unpaired) electrons. The van der Waals surface area contributed by atoms with E-state index in [0.717, 1.165) is 25.7 Å². The Bertz CT molecular complexity index is 513. The maximum Gasteiger partial charge on any atom is 0.240 e. The normalized spacial score (nSPS) is 24.1. The highest BCUT2D eigenvalue weighted by Crippen LogP contribution is 2.20. The lowest BCUT2D eigenvalue weighted by Crippen LogP contribution is -2.49. The zero-order valence-corrected chi connectivity index (χ0v) is 11.8. The van der Waals surface area contributed by atoms with Crippen LogP contribution in [0.3, 0.4) is 0 Å². The Balaban J connectivity index is 2.12. The van der Waals surface area contributed by atoms with E-state index in [4.69, 9.17) is 10.5 Å². The van der Waals surface area contributed by atoms with Gasteiger partial charge >= 0.3 is 0 Å². The summed E-state index contributed by atoms with van der Waals surface area (Å²) in [6, 6.07) is 6.08. The first-order chi connectivity index (χ1) is 9.03. The molecule has 0 spiro atoms. The molecule has 19 heavy (non-hydrogen) atoms. The van der Waals surface area contributed by atoms with Crippen LogP contribution in [-0.4, -0.2) is 27.6 Å². The van der Waals surface area contributed by atoms with E-state index in [-0.39, 0.29) is 17.0 Å². The summed E-state index contributed by atoms with van der Waals surface area (Å²) in [4.78, 5) is 0.242. The standard InChI is InChI=1S/C13H20N2O3S/c1-18-10-6-8-11(9-7-10)19(16,17)15-13-5-3-2-4-12(13)14/h6-9,12-13,15H,2-5,14H2,1H3/t12-,13-/m1/s1. The largest absolute Gasteiger partial charge is 0.497 e. The Labute approximate surface area is 114 Å². The molecule has 1 aromatic carbocycles. The van der Waals surface area contributed by atoms with Crippen molar-refractivity contribution in [3.05, 3.63) is 24.3 Å². The molecule has 1 aliphatic carbocycles. The van der Waals surface area contributed by atoms with Crippen LogP contribution in [0.2, 0.25) is 0 Å². The Hall–Kier alpha value is -1.11. The fraction of sp³-hybridized carbons (Fsp3) is 0.538. The van der Waals surface area contributed by atoms with Gasteiger partial charge in [0.2, 0.25) is 10.0 Å². The average Bonchev–Trinajstić information content (AvgIpc) is 2.41. The number of rotatable bonds is 4. The van der Waals surface area contributed by atoms with Crippen molar-refractivity contribution in [1.29, 1.82) is 0 Å². The SMILES string of the molecule is COc1ccc(S(=O)(=O)N[C@@H]2CCCC[C@H]2N)cc1. The topological polar surface area (TPSA) is 81.4 Å². The molecule has 2 rings (SSSR count). The van der Waals surface area contributed by atoms with Gasteiger partial charge in [0, 0.05) is 12.1 Å². The number of benzene rings is 1. The number of nitrogens with one attached hydrogen (secondary N) is 1. The van der Waals surface area contributed by atoms with Crippen molar-refractivity contribution in [2.45, 2.75) is 42.7 Å². The minimum Gasteiger partial charge on any atom is -0.497 e. The smallest absolute Gasteiger partial charge is 0.240 e. The summed E-state index contributed by atoms with van der Waals surface area (Å²) < 4.78 is 32.2. The van der Waals surface area contributed by atoms with Gasteiger partial charge in [-0.15, -0.1) is 0 Å². The third kappa shape index (κ3) is 3.46. The second-order valence-corrected chi connectivity index (χ2v) is 6.57. The summed E-state index contributed by atoms with van der Waals surface area (Å²) in [7, 11) is -1.96. The molecule has 0 saturated heterocycles. The Morgan fingerprint density at radius 1 is 1.21 bits per heavy atom. The lowest BCUT2D eigenvalue weighted by atomic mass is 9.92. The van der Waals surface area contributed by atoms with Gasteiger partial charge in [-0.1, -0.05) is 12.8 Å². The molecule has 0 aliphatic heterocycles. The summed E-state index contributed by atoms with van der Waals surface area (Å²) in [6.07, 6.45) is 3.76. The fourth-order valence-corrected chi connectivity index (χ4v) is 3.65. The van der Waals surface area contributed by atoms with Crippen LogP contribution < -0.4 is 15.2 Å². The minimum absolute atomic E-state index is 0.0956. The van der Waals surface area contributed by atoms with E-state index in [1.54, 1.807) is 19.2 Å². The predicted molar refractivity (Wildman–Crippen MR) is 73.5 cm³/mol. The first-order valence-electron chi connectivity index (χ1n) is 6.45. The van der Waals surface area contributed by atoms with E-state index in [9.17, 15) is 8.42 Å². The first kappa shape index (κ1) is 14.3. The van der Waals surface area contributed by atoms with Crippen molar-refractivity contribution in [2.75, 3.05) is 7.11 Å². The van der Waals surface area contributed by atoms with Crippen LogP contribution in [0.1, 0.15) is 25.7 Å². The van der Waals surface area contributed by atoms with E-state index in [1.807, 2.05) is 0 Å². The van der Waals surface area contributed by atoms with Gasteiger partial charge in [-0.25, -0.2) is 13.1 Å². The molecular formula is C13H20N2O3S. The maximum atomic E-state index is 12.2. The van der Waals surface area contributed by atoms with Crippen molar-refractivity contribution < 1.29 is 13.2 Å². The van der Waals surface area contributed by atoms with Crippen molar-refractivity contribution in [1.82, 2.24) is 4.72 Å². The molecular weight excluding hydrogens is 264 g/mol. The van der Waals surface area contributed by atoms with Crippen molar-refractivity contribution in [3.8, 4) is 5.75 Å². The van der Waals surface area contributed by atoms with Gasteiger partial charge in [0.15, 0.2) is 0 Å². The Morgan fingerprint density at radius 3 is 2.42 bits per heavy atom. The zero-order valence-electron chi connectivity index (χ0n) is 11.0. The summed E-state index contributed by atoms with van der Waals surface area (Å²) in [6.45, 7) is 0. The third-order valence-electron chi connectivity index (χ3n) is 3.50. The summed E-state index contributed by atoms with van der Waals surface area (Å²) in [5.41, 5.74) is 5.96. The lowest BCUT2D eigenvalue weighted by Gasteiger charge is -2.29. The van der Waals surface area contributed by atoms with Crippen LogP contribution in [0, 0.1) is 0 Å². The molecule has 2 atom stereocenters. The van der Waals surface area contributed by atoms with Gasteiger partial charge < -0.3 is 10.5 Å². The molecule has 0 aromatic heterocycles. The van der Waals surface area contributed by atoms with Gasteiger partial charge in [0.25, 0.3) is 0 Å². The van der Waals surface area contributed by atoms with E-state index >= 15 is 0 Å². The molecule has 0 unspecified atom stereocenters. The highest BCUT2D eigenvalue weighted by atomic mass is 32.2. The second-order valence-electron chi connectivity index (χ2n) is 4.85. The molecule has 3 N–H and O–H groups in total. The van der Waals surface area contributed by atoms with E-state index in [2.05, 4.69) is 4.72 Å². The zero-order chi connectivity index (χ0) is 13.9. The monoisotopic (exact) mass is 284 g/mol. The highest BCUT2D eigenvalue weighted by Gasteiger charge is 2.27. The minimum atomic E-state index is -3.50. The van der Waals surface area contributed by atoms with E-state index in [1.165, 1.54) is 12.1 Å². The van der Waals surface area contributed by atoms with Crippen LogP contribution in [-0.2, 0) is 10.0 Å². The molecule has 6 heteroatoms. The fourth-order valence-electron chi connectivity index (χ4n) is 2.33. The average molecular weight is 284 g/mol. The van der Waals surface area contributed by atoms with Gasteiger partial charge in [0.1, 0.15) is 5.75 Å². The molecule has 0 bridgehead atoms. The van der Waals surface area contributed by atoms with Crippen LogP contribution in [0.5, 0.6) is 5.75 Å². The van der Waals surface area contributed by atoms with Crippen LogP contribution in [0.4, 0.5) is 0 Å². The van der Waals surface area contributed by atoms with Crippen LogP contribution in [0.15, 0.2) is 29.2 Å².